The van der Waals surface area contributed by atoms with Crippen LogP contribution in [0.5, 0.6) is 0 Å². The minimum Gasteiger partial charge on any atom is -0.376 e. The van der Waals surface area contributed by atoms with Crippen molar-refractivity contribution in [2.75, 3.05) is 13.2 Å². The van der Waals surface area contributed by atoms with Crippen LogP contribution < -0.4 is 5.32 Å². The Morgan fingerprint density at radius 3 is 2.45 bits per heavy atom. The monoisotopic (exact) mass is 281 g/mol. The average molecular weight is 281 g/mol. The smallest absolute Gasteiger partial charge is 0.0814 e. The lowest BCUT2D eigenvalue weighted by atomic mass is 9.80. The standard InChI is InChI=1S/C18H35NO/c1-6-19-16(17(20-7-2)18(3,4)5)15-13-11-9-8-10-12-14-15/h13,16-17,19H,6-12,14H2,1-5H3. The fourth-order valence-electron chi connectivity index (χ4n) is 3.18. The van der Waals surface area contributed by atoms with Crippen LogP contribution in [-0.4, -0.2) is 25.3 Å². The lowest BCUT2D eigenvalue weighted by molar-refractivity contribution is -0.0283. The van der Waals surface area contributed by atoms with E-state index >= 15 is 0 Å². The Labute approximate surface area is 126 Å². The van der Waals surface area contributed by atoms with Gasteiger partial charge in [0.15, 0.2) is 0 Å². The Balaban J connectivity index is 2.93. The molecule has 1 aliphatic carbocycles. The highest BCUT2D eigenvalue weighted by molar-refractivity contribution is 5.15. The second kappa shape index (κ2) is 8.84. The van der Waals surface area contributed by atoms with Gasteiger partial charge >= 0.3 is 0 Å². The molecule has 0 saturated heterocycles. The van der Waals surface area contributed by atoms with Crippen molar-refractivity contribution in [2.24, 2.45) is 5.41 Å². The summed E-state index contributed by atoms with van der Waals surface area (Å²) in [6.07, 6.45) is 10.7. The first kappa shape index (κ1) is 17.7. The van der Waals surface area contributed by atoms with Crippen LogP contribution in [0.1, 0.15) is 73.1 Å². The molecular weight excluding hydrogens is 246 g/mol. The first-order valence-corrected chi connectivity index (χ1v) is 8.54. The highest BCUT2D eigenvalue weighted by atomic mass is 16.5. The van der Waals surface area contributed by atoms with Gasteiger partial charge in [-0.15, -0.1) is 0 Å². The minimum absolute atomic E-state index is 0.159. The van der Waals surface area contributed by atoms with Gasteiger partial charge in [-0.05, 0) is 44.6 Å². The van der Waals surface area contributed by atoms with Gasteiger partial charge in [0.1, 0.15) is 0 Å². The number of allylic oxidation sites excluding steroid dienone is 1. The molecule has 0 spiro atoms. The number of ether oxygens (including phenoxy) is 1. The second-order valence-electron chi connectivity index (χ2n) is 7.01. The summed E-state index contributed by atoms with van der Waals surface area (Å²) >= 11 is 0. The number of nitrogens with one attached hydrogen (secondary N) is 1. The van der Waals surface area contributed by atoms with Crippen molar-refractivity contribution in [2.45, 2.75) is 85.3 Å². The molecule has 0 aliphatic heterocycles. The third-order valence-corrected chi connectivity index (χ3v) is 4.15. The maximum atomic E-state index is 6.14. The molecule has 2 unspecified atom stereocenters. The second-order valence-corrected chi connectivity index (χ2v) is 7.01. The summed E-state index contributed by atoms with van der Waals surface area (Å²) in [6, 6.07) is 0.373. The van der Waals surface area contributed by atoms with Gasteiger partial charge < -0.3 is 10.1 Å². The number of hydrogen-bond acceptors (Lipinski definition) is 2. The van der Waals surface area contributed by atoms with Crippen LogP contribution in [0.25, 0.3) is 0 Å². The van der Waals surface area contributed by atoms with E-state index in [1.165, 1.54) is 38.5 Å². The van der Waals surface area contributed by atoms with E-state index in [1.807, 2.05) is 0 Å². The van der Waals surface area contributed by atoms with Crippen molar-refractivity contribution in [3.63, 3.8) is 0 Å². The van der Waals surface area contributed by atoms with Crippen molar-refractivity contribution in [3.8, 4) is 0 Å². The van der Waals surface area contributed by atoms with E-state index in [1.54, 1.807) is 5.57 Å². The number of rotatable bonds is 6. The SMILES string of the molecule is CCNC(C1=CCCCCCC1)C(OCC)C(C)(C)C. The van der Waals surface area contributed by atoms with E-state index in [0.717, 1.165) is 13.2 Å². The normalized spacial score (nSPS) is 20.8. The summed E-state index contributed by atoms with van der Waals surface area (Å²) in [5, 5.41) is 3.70. The van der Waals surface area contributed by atoms with E-state index in [9.17, 15) is 0 Å². The van der Waals surface area contributed by atoms with Gasteiger partial charge in [-0.25, -0.2) is 0 Å². The zero-order valence-electron chi connectivity index (χ0n) is 14.3. The van der Waals surface area contributed by atoms with Crippen molar-refractivity contribution >= 4 is 0 Å². The first-order valence-electron chi connectivity index (χ1n) is 8.54. The van der Waals surface area contributed by atoms with Crippen molar-refractivity contribution in [1.82, 2.24) is 5.32 Å². The summed E-state index contributed by atoms with van der Waals surface area (Å²) < 4.78 is 6.14. The van der Waals surface area contributed by atoms with Gasteiger partial charge in [-0.3, -0.25) is 0 Å². The maximum absolute atomic E-state index is 6.14. The molecule has 20 heavy (non-hydrogen) atoms. The molecule has 0 radical (unpaired) electrons. The molecule has 2 atom stereocenters. The molecule has 0 heterocycles. The topological polar surface area (TPSA) is 21.3 Å². The zero-order chi connectivity index (χ0) is 15.0. The van der Waals surface area contributed by atoms with Crippen LogP contribution in [0.2, 0.25) is 0 Å². The molecular formula is C18H35NO. The minimum atomic E-state index is 0.159. The van der Waals surface area contributed by atoms with Gasteiger partial charge in [0.25, 0.3) is 0 Å². The van der Waals surface area contributed by atoms with E-state index in [2.05, 4.69) is 46.0 Å². The van der Waals surface area contributed by atoms with Gasteiger partial charge in [0.05, 0.1) is 12.1 Å². The third-order valence-electron chi connectivity index (χ3n) is 4.15. The predicted octanol–water partition coefficient (Wildman–Crippen LogP) is 4.70. The van der Waals surface area contributed by atoms with Crippen LogP contribution >= 0.6 is 0 Å². The fourth-order valence-corrected chi connectivity index (χ4v) is 3.18. The predicted molar refractivity (Wildman–Crippen MR) is 88.1 cm³/mol. The molecule has 1 aliphatic rings. The molecule has 118 valence electrons. The van der Waals surface area contributed by atoms with Gasteiger partial charge in [-0.2, -0.15) is 0 Å². The Bertz CT molecular complexity index is 290. The summed E-state index contributed by atoms with van der Waals surface area (Å²) in [5.74, 6) is 0. The molecule has 2 nitrogen and oxygen atoms in total. The van der Waals surface area contributed by atoms with Crippen molar-refractivity contribution in [1.29, 1.82) is 0 Å². The summed E-state index contributed by atoms with van der Waals surface area (Å²) in [6.45, 7) is 13.0. The van der Waals surface area contributed by atoms with Crippen molar-refractivity contribution < 1.29 is 4.74 Å². The molecule has 2 heteroatoms. The van der Waals surface area contributed by atoms with Crippen LogP contribution in [0.15, 0.2) is 11.6 Å². The molecule has 0 aromatic carbocycles. The summed E-state index contributed by atoms with van der Waals surface area (Å²) in [4.78, 5) is 0. The first-order chi connectivity index (χ1) is 9.50. The molecule has 0 fully saturated rings. The molecule has 0 amide bonds. The quantitative estimate of drug-likeness (QED) is 0.713. The van der Waals surface area contributed by atoms with Crippen LogP contribution in [0.3, 0.4) is 0 Å². The molecule has 0 saturated carbocycles. The summed E-state index contributed by atoms with van der Waals surface area (Å²) in [7, 11) is 0. The molecule has 1 rings (SSSR count). The molecule has 0 aromatic rings. The van der Waals surface area contributed by atoms with Gasteiger partial charge in [0, 0.05) is 6.61 Å². The highest BCUT2D eigenvalue weighted by Gasteiger charge is 2.34. The van der Waals surface area contributed by atoms with E-state index in [4.69, 9.17) is 4.74 Å². The molecule has 1 N–H and O–H groups in total. The fraction of sp³-hybridized carbons (Fsp3) is 0.889. The van der Waals surface area contributed by atoms with E-state index in [0.29, 0.717) is 6.04 Å². The van der Waals surface area contributed by atoms with Crippen LogP contribution in [-0.2, 0) is 4.74 Å². The lowest BCUT2D eigenvalue weighted by Gasteiger charge is -2.39. The number of hydrogen-bond donors (Lipinski definition) is 1. The van der Waals surface area contributed by atoms with E-state index in [-0.39, 0.29) is 11.5 Å². The third kappa shape index (κ3) is 5.57. The zero-order valence-corrected chi connectivity index (χ0v) is 14.3. The van der Waals surface area contributed by atoms with Crippen molar-refractivity contribution in [3.05, 3.63) is 11.6 Å². The average Bonchev–Trinajstić information content (AvgIpc) is 2.32. The Morgan fingerprint density at radius 1 is 1.15 bits per heavy atom. The highest BCUT2D eigenvalue weighted by Crippen LogP contribution is 2.31. The molecule has 0 bridgehead atoms. The number of likely N-dealkylation sites (N-methyl/N-ethyl adjacent to an activating group) is 1. The van der Waals surface area contributed by atoms with E-state index < -0.39 is 0 Å². The van der Waals surface area contributed by atoms with Crippen LogP contribution in [0.4, 0.5) is 0 Å². The van der Waals surface area contributed by atoms with Gasteiger partial charge in [-0.1, -0.05) is 52.2 Å². The maximum Gasteiger partial charge on any atom is 0.0814 e. The van der Waals surface area contributed by atoms with Gasteiger partial charge in [0.2, 0.25) is 0 Å². The Hall–Kier alpha value is -0.340. The Kier molecular flexibility index (Phi) is 7.83. The molecule has 0 aromatic heterocycles. The van der Waals surface area contributed by atoms with Crippen LogP contribution in [0, 0.1) is 5.41 Å². The largest absolute Gasteiger partial charge is 0.376 e. The summed E-state index contributed by atoms with van der Waals surface area (Å²) in [5.41, 5.74) is 1.74. The lowest BCUT2D eigenvalue weighted by Crippen LogP contribution is -2.49. The Morgan fingerprint density at radius 2 is 1.85 bits per heavy atom.